The third kappa shape index (κ3) is 2.19. The highest BCUT2D eigenvalue weighted by Crippen LogP contribution is 2.35. The summed E-state index contributed by atoms with van der Waals surface area (Å²) in [5.41, 5.74) is 3.76. The van der Waals surface area contributed by atoms with Gasteiger partial charge in [-0.3, -0.25) is 4.90 Å². The van der Waals surface area contributed by atoms with Crippen molar-refractivity contribution in [1.82, 2.24) is 15.2 Å². The maximum absolute atomic E-state index is 5.47. The average Bonchev–Trinajstić information content (AvgIpc) is 2.83. The summed E-state index contributed by atoms with van der Waals surface area (Å²) in [7, 11) is 1.73. The lowest BCUT2D eigenvalue weighted by Gasteiger charge is -2.33. The highest BCUT2D eigenvalue weighted by molar-refractivity contribution is 5.90. The van der Waals surface area contributed by atoms with Gasteiger partial charge in [-0.15, -0.1) is 0 Å². The van der Waals surface area contributed by atoms with Crippen LogP contribution in [0.2, 0.25) is 0 Å². The lowest BCUT2D eigenvalue weighted by molar-refractivity contribution is 0.186. The topological polar surface area (TPSA) is 40.3 Å². The minimum atomic E-state index is 0.429. The van der Waals surface area contributed by atoms with Crippen LogP contribution in [0.1, 0.15) is 24.2 Å². The van der Waals surface area contributed by atoms with Crippen molar-refractivity contribution in [2.75, 3.05) is 33.3 Å². The van der Waals surface area contributed by atoms with Gasteiger partial charge < -0.3 is 15.0 Å². The number of piperazine rings is 1. The lowest BCUT2D eigenvalue weighted by atomic mass is 10.0. The van der Waals surface area contributed by atoms with Gasteiger partial charge in [0.05, 0.1) is 12.6 Å². The summed E-state index contributed by atoms with van der Waals surface area (Å²) in [4.78, 5) is 6.05. The predicted molar refractivity (Wildman–Crippen MR) is 82.4 cm³/mol. The van der Waals surface area contributed by atoms with Gasteiger partial charge in [-0.2, -0.15) is 0 Å². The van der Waals surface area contributed by atoms with Crippen LogP contribution in [-0.2, 0) is 0 Å². The van der Waals surface area contributed by atoms with Crippen molar-refractivity contribution in [3.05, 3.63) is 29.5 Å². The van der Waals surface area contributed by atoms with Crippen molar-refractivity contribution in [1.29, 1.82) is 0 Å². The number of H-pyrrole nitrogens is 1. The molecule has 0 amide bonds. The van der Waals surface area contributed by atoms with Crippen LogP contribution in [0.5, 0.6) is 5.75 Å². The Morgan fingerprint density at radius 3 is 2.70 bits per heavy atom. The number of aromatic amines is 1. The molecule has 1 fully saturated rings. The second-order valence-corrected chi connectivity index (χ2v) is 5.51. The summed E-state index contributed by atoms with van der Waals surface area (Å²) in [6.45, 7) is 8.84. The maximum atomic E-state index is 5.47. The Balaban J connectivity index is 2.04. The molecule has 2 N–H and O–H groups in total. The van der Waals surface area contributed by atoms with Crippen LogP contribution in [-0.4, -0.2) is 43.2 Å². The first-order valence-electron chi connectivity index (χ1n) is 7.32. The van der Waals surface area contributed by atoms with Gasteiger partial charge in [0, 0.05) is 43.3 Å². The number of hydrogen-bond acceptors (Lipinski definition) is 3. The first-order chi connectivity index (χ1) is 9.72. The van der Waals surface area contributed by atoms with Crippen LogP contribution in [0, 0.1) is 6.92 Å². The van der Waals surface area contributed by atoms with E-state index >= 15 is 0 Å². The molecule has 1 aromatic carbocycles. The lowest BCUT2D eigenvalue weighted by Crippen LogP contribution is -2.44. The minimum Gasteiger partial charge on any atom is -0.495 e. The number of fused-ring (bicyclic) bond motifs is 1. The van der Waals surface area contributed by atoms with E-state index in [2.05, 4.69) is 41.2 Å². The molecule has 1 saturated heterocycles. The third-order valence-electron chi connectivity index (χ3n) is 4.37. The van der Waals surface area contributed by atoms with Gasteiger partial charge in [-0.1, -0.05) is 12.1 Å². The van der Waals surface area contributed by atoms with Gasteiger partial charge >= 0.3 is 0 Å². The largest absolute Gasteiger partial charge is 0.495 e. The summed E-state index contributed by atoms with van der Waals surface area (Å²) >= 11 is 0. The molecule has 2 heterocycles. The summed E-state index contributed by atoms with van der Waals surface area (Å²) in [5, 5.41) is 4.70. The number of nitrogens with zero attached hydrogens (tertiary/aromatic N) is 1. The van der Waals surface area contributed by atoms with E-state index in [9.17, 15) is 0 Å². The molecule has 1 aliphatic heterocycles. The van der Waals surface area contributed by atoms with E-state index in [0.29, 0.717) is 6.04 Å². The standard InChI is InChI=1S/C16H23N3O/c1-11-15(12(2)19-9-7-17-8-10-19)13-5-4-6-14(20-3)16(13)18-11/h4-6,12,17-18H,7-10H2,1-3H3. The number of hydrogen-bond donors (Lipinski definition) is 2. The monoisotopic (exact) mass is 273 g/mol. The quantitative estimate of drug-likeness (QED) is 0.902. The van der Waals surface area contributed by atoms with Crippen molar-refractivity contribution in [2.45, 2.75) is 19.9 Å². The van der Waals surface area contributed by atoms with E-state index in [1.54, 1.807) is 7.11 Å². The van der Waals surface area contributed by atoms with E-state index < -0.39 is 0 Å². The Hall–Kier alpha value is -1.52. The molecule has 0 bridgehead atoms. The summed E-state index contributed by atoms with van der Waals surface area (Å²) in [5.74, 6) is 0.921. The number of methoxy groups -OCH3 is 1. The van der Waals surface area contributed by atoms with Crippen molar-refractivity contribution < 1.29 is 4.74 Å². The summed E-state index contributed by atoms with van der Waals surface area (Å²) < 4.78 is 5.47. The van der Waals surface area contributed by atoms with Crippen molar-refractivity contribution >= 4 is 10.9 Å². The molecular weight excluding hydrogens is 250 g/mol. The molecule has 4 nitrogen and oxygen atoms in total. The third-order valence-corrected chi connectivity index (χ3v) is 4.37. The predicted octanol–water partition coefficient (Wildman–Crippen LogP) is 2.45. The van der Waals surface area contributed by atoms with Gasteiger partial charge in [0.2, 0.25) is 0 Å². The highest BCUT2D eigenvalue weighted by Gasteiger charge is 2.23. The van der Waals surface area contributed by atoms with Crippen molar-refractivity contribution in [2.24, 2.45) is 0 Å². The Morgan fingerprint density at radius 1 is 1.25 bits per heavy atom. The molecule has 1 unspecified atom stereocenters. The van der Waals surface area contributed by atoms with E-state index in [0.717, 1.165) is 37.4 Å². The molecule has 0 radical (unpaired) electrons. The van der Waals surface area contributed by atoms with Crippen LogP contribution in [0.25, 0.3) is 10.9 Å². The minimum absolute atomic E-state index is 0.429. The summed E-state index contributed by atoms with van der Waals surface area (Å²) in [6.07, 6.45) is 0. The van der Waals surface area contributed by atoms with Crippen molar-refractivity contribution in [3.63, 3.8) is 0 Å². The number of nitrogens with one attached hydrogen (secondary N) is 2. The van der Waals surface area contributed by atoms with E-state index in [-0.39, 0.29) is 0 Å². The second kappa shape index (κ2) is 5.46. The summed E-state index contributed by atoms with van der Waals surface area (Å²) in [6, 6.07) is 6.70. The highest BCUT2D eigenvalue weighted by atomic mass is 16.5. The fourth-order valence-corrected chi connectivity index (χ4v) is 3.30. The van der Waals surface area contributed by atoms with Gasteiger partial charge in [0.1, 0.15) is 5.75 Å². The Labute approximate surface area is 120 Å². The van der Waals surface area contributed by atoms with Gasteiger partial charge in [0.25, 0.3) is 0 Å². The molecule has 0 spiro atoms. The Morgan fingerprint density at radius 2 is 2.00 bits per heavy atom. The molecule has 1 atom stereocenters. The SMILES string of the molecule is COc1cccc2c(C(C)N3CCNCC3)c(C)[nH]c12. The fraction of sp³-hybridized carbons (Fsp3) is 0.500. The molecule has 4 heteroatoms. The zero-order valence-corrected chi connectivity index (χ0v) is 12.5. The van der Waals surface area contributed by atoms with Crippen LogP contribution in [0.3, 0.4) is 0 Å². The molecule has 108 valence electrons. The van der Waals surface area contributed by atoms with Gasteiger partial charge in [0.15, 0.2) is 0 Å². The molecular formula is C16H23N3O. The normalized spacial score (nSPS) is 18.4. The first-order valence-corrected chi connectivity index (χ1v) is 7.32. The first kappa shape index (κ1) is 13.5. The number of para-hydroxylation sites is 1. The average molecular weight is 273 g/mol. The van der Waals surface area contributed by atoms with Gasteiger partial charge in [-0.25, -0.2) is 0 Å². The zero-order chi connectivity index (χ0) is 14.1. The molecule has 1 aromatic heterocycles. The molecule has 2 aromatic rings. The van der Waals surface area contributed by atoms with Crippen LogP contribution >= 0.6 is 0 Å². The number of rotatable bonds is 3. The smallest absolute Gasteiger partial charge is 0.142 e. The van der Waals surface area contributed by atoms with E-state index in [1.807, 2.05) is 6.07 Å². The molecule has 3 rings (SSSR count). The zero-order valence-electron chi connectivity index (χ0n) is 12.5. The van der Waals surface area contributed by atoms with E-state index in [1.165, 1.54) is 16.6 Å². The van der Waals surface area contributed by atoms with Crippen LogP contribution in [0.4, 0.5) is 0 Å². The number of aryl methyl sites for hydroxylation is 1. The Kier molecular flexibility index (Phi) is 3.68. The Bertz CT molecular complexity index is 599. The second-order valence-electron chi connectivity index (χ2n) is 5.51. The number of ether oxygens (including phenoxy) is 1. The van der Waals surface area contributed by atoms with Crippen molar-refractivity contribution in [3.8, 4) is 5.75 Å². The fourth-order valence-electron chi connectivity index (χ4n) is 3.30. The number of benzene rings is 1. The molecule has 1 aliphatic rings. The molecule has 20 heavy (non-hydrogen) atoms. The van der Waals surface area contributed by atoms with Crippen LogP contribution < -0.4 is 10.1 Å². The maximum Gasteiger partial charge on any atom is 0.142 e. The van der Waals surface area contributed by atoms with Crippen LogP contribution in [0.15, 0.2) is 18.2 Å². The van der Waals surface area contributed by atoms with E-state index in [4.69, 9.17) is 4.74 Å². The molecule has 0 aliphatic carbocycles. The molecule has 0 saturated carbocycles. The van der Waals surface area contributed by atoms with Gasteiger partial charge in [-0.05, 0) is 25.5 Å². The number of aromatic nitrogens is 1.